The van der Waals surface area contributed by atoms with Crippen LogP contribution >= 0.6 is 13.5 Å². The van der Waals surface area contributed by atoms with Gasteiger partial charge in [0.05, 0.1) is 0 Å². The van der Waals surface area contributed by atoms with Crippen molar-refractivity contribution in [1.29, 1.82) is 0 Å². The fraction of sp³-hybridized carbons (Fsp3) is 0. The van der Waals surface area contributed by atoms with Crippen molar-refractivity contribution in [1.82, 2.24) is 0 Å². The molecule has 0 aliphatic heterocycles. The van der Waals surface area contributed by atoms with Crippen LogP contribution in [0.3, 0.4) is 0 Å². The summed E-state index contributed by atoms with van der Waals surface area (Å²) in [5.41, 5.74) is 0. The molecule has 0 fully saturated rings. The van der Waals surface area contributed by atoms with Gasteiger partial charge in [0.1, 0.15) is 0 Å². The average molecular weight is 112 g/mol. The number of hydrogen-bond donors (Lipinski definition) is 0. The molecule has 5 heteroatoms. The minimum absolute atomic E-state index is 0. The molecular weight excluding hydrogens is 103 g/mol. The Kier molecular flexibility index (Phi) is 1390. The van der Waals surface area contributed by atoms with E-state index < -0.39 is 0 Å². The predicted octanol–water partition coefficient (Wildman–Crippen LogP) is -3.01. The second-order valence-electron chi connectivity index (χ2n) is 0. The van der Waals surface area contributed by atoms with Gasteiger partial charge in [-0.1, -0.05) is 0 Å². The van der Waals surface area contributed by atoms with Crippen molar-refractivity contribution in [3.05, 3.63) is 0 Å². The normalized spacial score (nSPS) is 0. The summed E-state index contributed by atoms with van der Waals surface area (Å²) in [6.07, 6.45) is 0. The topological polar surface area (TPSA) is 94.5 Å². The van der Waals surface area contributed by atoms with Crippen LogP contribution in [0, 0.1) is 0 Å². The third-order valence-corrected chi connectivity index (χ3v) is 0. The average Bonchev–Trinajstić information content (AvgIpc) is 0. The molecule has 34 valence electrons. The fourth-order valence-electron chi connectivity index (χ4n) is 0. The Morgan fingerprint density at radius 2 is 0.600 bits per heavy atom. The first-order valence-corrected chi connectivity index (χ1v) is 0. The Balaban J connectivity index is 0. The van der Waals surface area contributed by atoms with Crippen molar-refractivity contribution < 1.29 is 16.4 Å². The van der Waals surface area contributed by atoms with Gasteiger partial charge in [0.2, 0.25) is 0 Å². The molecule has 0 aliphatic carbocycles. The molecular formula is H9NaO3S. The van der Waals surface area contributed by atoms with Crippen LogP contribution in [-0.4, -0.2) is 46.0 Å². The van der Waals surface area contributed by atoms with Gasteiger partial charge in [-0.05, 0) is 0 Å². The Bertz CT molecular complexity index is 6.85. The molecule has 0 saturated heterocycles. The molecule has 0 heterocycles. The van der Waals surface area contributed by atoms with Gasteiger partial charge in [0.25, 0.3) is 0 Å². The van der Waals surface area contributed by atoms with E-state index in [4.69, 9.17) is 0 Å². The second kappa shape index (κ2) is 61.9. The quantitative estimate of drug-likeness (QED) is 0.298. The Labute approximate surface area is 59.4 Å². The van der Waals surface area contributed by atoms with Gasteiger partial charge in [0.15, 0.2) is 0 Å². The van der Waals surface area contributed by atoms with Crippen molar-refractivity contribution >= 4 is 43.1 Å². The van der Waals surface area contributed by atoms with Gasteiger partial charge in [-0.15, -0.1) is 0 Å². The molecule has 0 radical (unpaired) electrons. The molecule has 6 N–H and O–H groups in total. The Morgan fingerprint density at radius 1 is 0.600 bits per heavy atom. The monoisotopic (exact) mass is 112 g/mol. The first-order chi connectivity index (χ1) is 0. The van der Waals surface area contributed by atoms with E-state index >= 15 is 0 Å². The molecule has 0 rings (SSSR count). The molecule has 0 unspecified atom stereocenters. The third-order valence-electron chi connectivity index (χ3n) is 0. The first-order valence-electron chi connectivity index (χ1n) is 0. The summed E-state index contributed by atoms with van der Waals surface area (Å²) >= 11 is 0. The summed E-state index contributed by atoms with van der Waals surface area (Å²) in [6.45, 7) is 0. The maximum absolute atomic E-state index is 0. The van der Waals surface area contributed by atoms with Gasteiger partial charge in [-0.2, -0.15) is 13.5 Å². The maximum atomic E-state index is 0. The van der Waals surface area contributed by atoms with Crippen molar-refractivity contribution in [2.45, 2.75) is 0 Å². The molecule has 0 aromatic carbocycles. The van der Waals surface area contributed by atoms with Crippen LogP contribution in [0.4, 0.5) is 0 Å². The van der Waals surface area contributed by atoms with E-state index in [0.29, 0.717) is 0 Å². The summed E-state index contributed by atoms with van der Waals surface area (Å²) in [5, 5.41) is 0. The van der Waals surface area contributed by atoms with Gasteiger partial charge in [0, 0.05) is 0 Å². The van der Waals surface area contributed by atoms with Gasteiger partial charge in [-0.25, -0.2) is 0 Å². The number of rotatable bonds is 0. The van der Waals surface area contributed by atoms with E-state index in [-0.39, 0.29) is 59.5 Å². The van der Waals surface area contributed by atoms with E-state index in [1.807, 2.05) is 0 Å². The van der Waals surface area contributed by atoms with E-state index in [1.165, 1.54) is 0 Å². The molecule has 3 nitrogen and oxygen atoms in total. The predicted molar refractivity (Wildman–Crippen MR) is 28.4 cm³/mol. The molecule has 0 aromatic heterocycles. The summed E-state index contributed by atoms with van der Waals surface area (Å²) in [5.74, 6) is 0. The number of hydrogen-bond acceptors (Lipinski definition) is 0. The Morgan fingerprint density at radius 3 is 0.600 bits per heavy atom. The second-order valence-corrected chi connectivity index (χ2v) is 0. The van der Waals surface area contributed by atoms with Crippen molar-refractivity contribution in [3.63, 3.8) is 0 Å². The zero-order chi connectivity index (χ0) is 0. The molecule has 0 amide bonds. The van der Waals surface area contributed by atoms with E-state index in [9.17, 15) is 0 Å². The molecule has 0 aliphatic rings. The Hall–Kier alpha value is 1.23. The van der Waals surface area contributed by atoms with Gasteiger partial charge < -0.3 is 16.4 Å². The summed E-state index contributed by atoms with van der Waals surface area (Å²) in [6, 6.07) is 0. The van der Waals surface area contributed by atoms with Crippen LogP contribution in [0.15, 0.2) is 0 Å². The van der Waals surface area contributed by atoms with Crippen LogP contribution < -0.4 is 0 Å². The van der Waals surface area contributed by atoms with E-state index in [2.05, 4.69) is 0 Å². The van der Waals surface area contributed by atoms with Crippen LogP contribution in [0.5, 0.6) is 0 Å². The summed E-state index contributed by atoms with van der Waals surface area (Å²) < 4.78 is 0. The van der Waals surface area contributed by atoms with Gasteiger partial charge in [-0.3, -0.25) is 0 Å². The van der Waals surface area contributed by atoms with Crippen LogP contribution in [0.2, 0.25) is 0 Å². The van der Waals surface area contributed by atoms with Crippen LogP contribution in [0.1, 0.15) is 0 Å². The molecule has 5 heavy (non-hydrogen) atoms. The standard InChI is InChI=1S/Na.3H2O.H2S.H/h;4*1H2;. The minimum atomic E-state index is 0. The molecule has 0 atom stereocenters. The summed E-state index contributed by atoms with van der Waals surface area (Å²) in [4.78, 5) is 0. The van der Waals surface area contributed by atoms with Crippen molar-refractivity contribution in [3.8, 4) is 0 Å². The van der Waals surface area contributed by atoms with E-state index in [0.717, 1.165) is 0 Å². The van der Waals surface area contributed by atoms with Crippen molar-refractivity contribution in [2.75, 3.05) is 0 Å². The van der Waals surface area contributed by atoms with E-state index in [1.54, 1.807) is 0 Å². The van der Waals surface area contributed by atoms with Crippen LogP contribution in [0.25, 0.3) is 0 Å². The molecule has 0 bridgehead atoms. The van der Waals surface area contributed by atoms with Gasteiger partial charge >= 0.3 is 29.6 Å². The molecule has 0 saturated carbocycles. The third kappa shape index (κ3) is 36.1. The first kappa shape index (κ1) is 113. The van der Waals surface area contributed by atoms with Crippen LogP contribution in [-0.2, 0) is 0 Å². The fourth-order valence-corrected chi connectivity index (χ4v) is 0. The summed E-state index contributed by atoms with van der Waals surface area (Å²) in [7, 11) is 0. The zero-order valence-electron chi connectivity index (χ0n) is 2.00. The van der Waals surface area contributed by atoms with Crippen molar-refractivity contribution in [2.24, 2.45) is 0 Å². The molecule has 0 aromatic rings. The molecule has 0 spiro atoms. The zero-order valence-corrected chi connectivity index (χ0v) is 3.00. The SMILES string of the molecule is O.O.O.S.[NaH].